The van der Waals surface area contributed by atoms with Crippen LogP contribution in [0.25, 0.3) is 22.0 Å². The summed E-state index contributed by atoms with van der Waals surface area (Å²) >= 11 is 0. The first-order valence-electron chi connectivity index (χ1n) is 7.34. The van der Waals surface area contributed by atoms with Crippen LogP contribution in [0.2, 0.25) is 0 Å². The number of aryl methyl sites for hydroxylation is 1. The number of fused-ring (bicyclic) bond motifs is 1. The first-order valence-corrected chi connectivity index (χ1v) is 7.34. The van der Waals surface area contributed by atoms with Crippen molar-refractivity contribution in [2.75, 3.05) is 6.61 Å². The molecule has 0 atom stereocenters. The van der Waals surface area contributed by atoms with E-state index in [2.05, 4.69) is 4.98 Å². The molecule has 0 spiro atoms. The summed E-state index contributed by atoms with van der Waals surface area (Å²) in [5.74, 6) is -0.322. The second-order valence-electron chi connectivity index (χ2n) is 5.05. The lowest BCUT2D eigenvalue weighted by Crippen LogP contribution is -2.10. The number of hydrogen-bond donors (Lipinski definition) is 0. The summed E-state index contributed by atoms with van der Waals surface area (Å²) in [5, 5.41) is 0.961. The van der Waals surface area contributed by atoms with E-state index in [-0.39, 0.29) is 18.4 Å². The van der Waals surface area contributed by atoms with E-state index in [9.17, 15) is 4.79 Å². The summed E-state index contributed by atoms with van der Waals surface area (Å²) in [6.45, 7) is 4.01. The molecule has 0 aliphatic rings. The molecule has 3 nitrogen and oxygen atoms in total. The van der Waals surface area contributed by atoms with Crippen LogP contribution in [-0.4, -0.2) is 17.6 Å². The summed E-state index contributed by atoms with van der Waals surface area (Å²) in [6, 6.07) is 17.8. The molecule has 3 rings (SSSR count). The molecule has 0 unspecified atom stereocenters. The molecule has 0 N–H and O–H groups in total. The van der Waals surface area contributed by atoms with Crippen molar-refractivity contribution in [1.29, 1.82) is 0 Å². The van der Waals surface area contributed by atoms with Gasteiger partial charge in [-0.05, 0) is 25.5 Å². The van der Waals surface area contributed by atoms with Crippen molar-refractivity contribution in [3.8, 4) is 11.1 Å². The van der Waals surface area contributed by atoms with E-state index in [1.807, 2.05) is 68.4 Å². The molecular formula is C19H18ClNO2. The summed E-state index contributed by atoms with van der Waals surface area (Å²) in [4.78, 5) is 17.0. The van der Waals surface area contributed by atoms with Gasteiger partial charge < -0.3 is 4.74 Å². The van der Waals surface area contributed by atoms with Gasteiger partial charge >= 0.3 is 5.97 Å². The Balaban J connectivity index is 0.00000192. The number of hydrogen-bond acceptors (Lipinski definition) is 3. The number of ether oxygens (including phenoxy) is 1. The Morgan fingerprint density at radius 3 is 2.39 bits per heavy atom. The van der Waals surface area contributed by atoms with Crippen molar-refractivity contribution >= 4 is 29.3 Å². The number of carbonyl (C=O) groups is 1. The number of nitrogens with zero attached hydrogens (tertiary/aromatic N) is 1. The molecule has 0 amide bonds. The van der Waals surface area contributed by atoms with Crippen molar-refractivity contribution in [1.82, 2.24) is 4.98 Å². The number of rotatable bonds is 3. The second-order valence-corrected chi connectivity index (χ2v) is 5.05. The quantitative estimate of drug-likeness (QED) is 0.648. The van der Waals surface area contributed by atoms with Crippen LogP contribution in [-0.2, 0) is 4.74 Å². The number of halogens is 1. The van der Waals surface area contributed by atoms with Crippen LogP contribution in [0.3, 0.4) is 0 Å². The van der Waals surface area contributed by atoms with Crippen LogP contribution in [0.4, 0.5) is 0 Å². The smallest absolute Gasteiger partial charge is 0.340 e. The zero-order valence-electron chi connectivity index (χ0n) is 13.1. The van der Waals surface area contributed by atoms with E-state index in [0.29, 0.717) is 17.9 Å². The Kier molecular flexibility index (Phi) is 5.35. The predicted octanol–water partition coefficient (Wildman–Crippen LogP) is 4.81. The zero-order valence-corrected chi connectivity index (χ0v) is 13.9. The minimum Gasteiger partial charge on any atom is -0.462 e. The van der Waals surface area contributed by atoms with Crippen molar-refractivity contribution in [2.24, 2.45) is 0 Å². The minimum atomic E-state index is -0.322. The van der Waals surface area contributed by atoms with Crippen LogP contribution < -0.4 is 0 Å². The standard InChI is InChI=1S/C19H17NO2.ClH/c1-3-22-19(21)17-13(2)20-16-12-8-7-11-15(16)18(17)14-9-5-4-6-10-14;/h4-12H,3H2,1-2H3;1H. The van der Waals surface area contributed by atoms with E-state index >= 15 is 0 Å². The monoisotopic (exact) mass is 327 g/mol. The van der Waals surface area contributed by atoms with Gasteiger partial charge in [-0.3, -0.25) is 4.98 Å². The molecule has 23 heavy (non-hydrogen) atoms. The molecule has 0 aliphatic carbocycles. The highest BCUT2D eigenvalue weighted by Crippen LogP contribution is 2.33. The van der Waals surface area contributed by atoms with E-state index in [1.54, 1.807) is 0 Å². The summed E-state index contributed by atoms with van der Waals surface area (Å²) in [5.41, 5.74) is 4.00. The Morgan fingerprint density at radius 1 is 1.04 bits per heavy atom. The van der Waals surface area contributed by atoms with Crippen LogP contribution in [0, 0.1) is 6.92 Å². The number of esters is 1. The second kappa shape index (κ2) is 7.25. The highest BCUT2D eigenvalue weighted by molar-refractivity contribution is 6.07. The van der Waals surface area contributed by atoms with Gasteiger partial charge in [0.05, 0.1) is 23.4 Å². The SMILES string of the molecule is CCOC(=O)c1c(C)nc2ccccc2c1-c1ccccc1.Cl. The molecular weight excluding hydrogens is 310 g/mol. The van der Waals surface area contributed by atoms with Crippen molar-refractivity contribution in [2.45, 2.75) is 13.8 Å². The average molecular weight is 328 g/mol. The van der Waals surface area contributed by atoms with Crippen molar-refractivity contribution < 1.29 is 9.53 Å². The summed E-state index contributed by atoms with van der Waals surface area (Å²) in [6.07, 6.45) is 0. The first kappa shape index (κ1) is 17.0. The van der Waals surface area contributed by atoms with Gasteiger partial charge in [0.15, 0.2) is 0 Å². The number of benzene rings is 2. The lowest BCUT2D eigenvalue weighted by Gasteiger charge is -2.14. The van der Waals surface area contributed by atoms with Crippen LogP contribution >= 0.6 is 12.4 Å². The number of aromatic nitrogens is 1. The Bertz CT molecular complexity index is 831. The summed E-state index contributed by atoms with van der Waals surface area (Å²) < 4.78 is 5.24. The normalized spacial score (nSPS) is 10.2. The molecule has 0 bridgehead atoms. The third-order valence-corrected chi connectivity index (χ3v) is 3.62. The van der Waals surface area contributed by atoms with Gasteiger partial charge in [0, 0.05) is 10.9 Å². The molecule has 2 aromatic carbocycles. The van der Waals surface area contributed by atoms with Crippen LogP contribution in [0.15, 0.2) is 54.6 Å². The summed E-state index contributed by atoms with van der Waals surface area (Å²) in [7, 11) is 0. The molecule has 0 saturated heterocycles. The van der Waals surface area contributed by atoms with Crippen molar-refractivity contribution in [3.05, 3.63) is 65.9 Å². The highest BCUT2D eigenvalue weighted by Gasteiger charge is 2.20. The fourth-order valence-electron chi connectivity index (χ4n) is 2.69. The molecule has 118 valence electrons. The van der Waals surface area contributed by atoms with E-state index < -0.39 is 0 Å². The molecule has 0 saturated carbocycles. The molecule has 4 heteroatoms. The van der Waals surface area contributed by atoms with Gasteiger partial charge in [-0.2, -0.15) is 0 Å². The lowest BCUT2D eigenvalue weighted by molar-refractivity contribution is 0.0526. The fraction of sp³-hybridized carbons (Fsp3) is 0.158. The number of para-hydroxylation sites is 1. The number of carbonyl (C=O) groups excluding carboxylic acids is 1. The maximum Gasteiger partial charge on any atom is 0.340 e. The molecule has 1 aromatic heterocycles. The average Bonchev–Trinajstić information content (AvgIpc) is 2.54. The first-order chi connectivity index (χ1) is 10.7. The van der Waals surface area contributed by atoms with Gasteiger partial charge in [-0.25, -0.2) is 4.79 Å². The van der Waals surface area contributed by atoms with Gasteiger partial charge in [-0.15, -0.1) is 12.4 Å². The van der Waals surface area contributed by atoms with Gasteiger partial charge in [-0.1, -0.05) is 48.5 Å². The largest absolute Gasteiger partial charge is 0.462 e. The minimum absolute atomic E-state index is 0. The Labute approximate surface area is 141 Å². The Morgan fingerprint density at radius 2 is 1.70 bits per heavy atom. The van der Waals surface area contributed by atoms with E-state index in [4.69, 9.17) is 4.74 Å². The maximum atomic E-state index is 12.4. The molecule has 3 aromatic rings. The topological polar surface area (TPSA) is 39.2 Å². The third kappa shape index (κ3) is 3.20. The van der Waals surface area contributed by atoms with Crippen molar-refractivity contribution in [3.63, 3.8) is 0 Å². The highest BCUT2D eigenvalue weighted by atomic mass is 35.5. The molecule has 0 aliphatic heterocycles. The Hall–Kier alpha value is -2.39. The molecule has 1 heterocycles. The van der Waals surface area contributed by atoms with Crippen LogP contribution in [0.1, 0.15) is 23.0 Å². The zero-order chi connectivity index (χ0) is 15.5. The number of pyridine rings is 1. The molecule has 0 fully saturated rings. The fourth-order valence-corrected chi connectivity index (χ4v) is 2.69. The lowest BCUT2D eigenvalue weighted by atomic mass is 9.94. The van der Waals surface area contributed by atoms with Gasteiger partial charge in [0.25, 0.3) is 0 Å². The van der Waals surface area contributed by atoms with E-state index in [0.717, 1.165) is 22.0 Å². The predicted molar refractivity (Wildman–Crippen MR) is 95.1 cm³/mol. The van der Waals surface area contributed by atoms with Gasteiger partial charge in [0.2, 0.25) is 0 Å². The van der Waals surface area contributed by atoms with E-state index in [1.165, 1.54) is 0 Å². The van der Waals surface area contributed by atoms with Gasteiger partial charge in [0.1, 0.15) is 0 Å². The molecule has 0 radical (unpaired) electrons. The van der Waals surface area contributed by atoms with Crippen LogP contribution in [0.5, 0.6) is 0 Å². The third-order valence-electron chi connectivity index (χ3n) is 3.62. The maximum absolute atomic E-state index is 12.4.